The van der Waals surface area contributed by atoms with Gasteiger partial charge in [0, 0.05) is 10.9 Å². The van der Waals surface area contributed by atoms with Crippen molar-refractivity contribution < 1.29 is 57.8 Å². The zero-order valence-electron chi connectivity index (χ0n) is 14.5. The molecule has 1 unspecified atom stereocenters. The first-order valence-electron chi connectivity index (χ1n) is 7.66. The Hall–Kier alpha value is -1.13. The fourth-order valence-electron chi connectivity index (χ4n) is 1.98. The lowest BCUT2D eigenvalue weighted by molar-refractivity contribution is -0.402. The summed E-state index contributed by atoms with van der Waals surface area (Å²) in [5.74, 6) is -15.6. The van der Waals surface area contributed by atoms with Gasteiger partial charge in [-0.25, -0.2) is 9.18 Å². The molecule has 2 nitrogen and oxygen atoms in total. The Labute approximate surface area is 189 Å². The molecule has 0 bridgehead atoms. The number of carbonyl (C=O) groups is 1. The Balaban J connectivity index is 3.11. The van der Waals surface area contributed by atoms with Crippen LogP contribution < -0.4 is 0 Å². The molecule has 1 rings (SSSR count). The van der Waals surface area contributed by atoms with Crippen molar-refractivity contribution in [2.45, 2.75) is 36.3 Å². The van der Waals surface area contributed by atoms with Crippen LogP contribution in [-0.4, -0.2) is 42.4 Å². The lowest BCUT2D eigenvalue weighted by atomic mass is 9.90. The van der Waals surface area contributed by atoms with Gasteiger partial charge in [-0.15, -0.1) is 0 Å². The lowest BCUT2D eigenvalue weighted by Gasteiger charge is -2.37. The van der Waals surface area contributed by atoms with E-state index in [1.54, 1.807) is 0 Å². The minimum absolute atomic E-state index is 0.0279. The first-order chi connectivity index (χ1) is 13.8. The molecule has 1 aromatic carbocycles. The van der Waals surface area contributed by atoms with Crippen LogP contribution in [0.3, 0.4) is 0 Å². The average molecular weight is 649 g/mol. The van der Waals surface area contributed by atoms with Crippen LogP contribution in [0.1, 0.15) is 16.8 Å². The Morgan fingerprint density at radius 1 is 0.935 bits per heavy atom. The van der Waals surface area contributed by atoms with E-state index in [0.717, 1.165) is 22.6 Å². The normalized spacial score (nSPS) is 16.1. The molecule has 0 saturated heterocycles. The second-order valence-corrected chi connectivity index (χ2v) is 8.14. The summed E-state index contributed by atoms with van der Waals surface area (Å²) in [6.45, 7) is -0.810. The number of hydrogen-bond acceptors (Lipinski definition) is 2. The summed E-state index contributed by atoms with van der Waals surface area (Å²) in [6.07, 6.45) is -16.0. The number of allylic oxidation sites excluding steroid dienone is 1. The molecule has 0 fully saturated rings. The summed E-state index contributed by atoms with van der Waals surface area (Å²) < 4.78 is 147. The van der Waals surface area contributed by atoms with E-state index in [1.807, 2.05) is 0 Å². The molecule has 176 valence electrons. The van der Waals surface area contributed by atoms with E-state index in [-0.39, 0.29) is 5.56 Å². The number of carbonyl (C=O) groups excluding carboxylic acids is 1. The van der Waals surface area contributed by atoms with Crippen LogP contribution in [0.5, 0.6) is 0 Å². The van der Waals surface area contributed by atoms with Gasteiger partial charge in [0.25, 0.3) is 5.67 Å². The van der Waals surface area contributed by atoms with Crippen molar-refractivity contribution in [2.24, 2.45) is 0 Å². The molecule has 0 aliphatic rings. The molecular formula is C16H9BrF11IO2. The molecule has 1 aromatic rings. The Morgan fingerprint density at radius 2 is 1.48 bits per heavy atom. The topological polar surface area (TPSA) is 26.3 Å². The minimum atomic E-state index is -7.34. The third kappa shape index (κ3) is 5.82. The average Bonchev–Trinajstić information content (AvgIpc) is 2.59. The molecule has 0 aliphatic carbocycles. The monoisotopic (exact) mass is 648 g/mol. The minimum Gasteiger partial charge on any atom is -0.462 e. The number of rotatable bonds is 7. The van der Waals surface area contributed by atoms with E-state index >= 15 is 0 Å². The van der Waals surface area contributed by atoms with Gasteiger partial charge in [-0.2, -0.15) is 43.9 Å². The van der Waals surface area contributed by atoms with Crippen LogP contribution in [0, 0.1) is 0 Å². The van der Waals surface area contributed by atoms with E-state index in [9.17, 15) is 53.1 Å². The van der Waals surface area contributed by atoms with E-state index in [0.29, 0.717) is 4.47 Å². The van der Waals surface area contributed by atoms with Gasteiger partial charge >= 0.3 is 30.2 Å². The third-order valence-electron chi connectivity index (χ3n) is 3.61. The quantitative estimate of drug-likeness (QED) is 0.175. The maximum atomic E-state index is 14.2. The number of benzene rings is 1. The van der Waals surface area contributed by atoms with Gasteiger partial charge in [-0.1, -0.05) is 22.0 Å². The summed E-state index contributed by atoms with van der Waals surface area (Å²) in [7, 11) is 0. The number of hydrogen-bond donors (Lipinski definition) is 0. The summed E-state index contributed by atoms with van der Waals surface area (Å²) in [5.41, 5.74) is -6.40. The predicted molar refractivity (Wildman–Crippen MR) is 97.0 cm³/mol. The van der Waals surface area contributed by atoms with Crippen molar-refractivity contribution >= 4 is 44.5 Å². The summed E-state index contributed by atoms with van der Waals surface area (Å²) in [5, 5.41) is 0. The molecule has 0 amide bonds. The predicted octanol–water partition coefficient (Wildman–Crippen LogP) is 7.42. The number of ether oxygens (including phenoxy) is 1. The van der Waals surface area contributed by atoms with Gasteiger partial charge in [-0.05, 0) is 50.4 Å². The molecule has 31 heavy (non-hydrogen) atoms. The van der Waals surface area contributed by atoms with Crippen LogP contribution in [-0.2, 0) is 4.74 Å². The SMILES string of the molecule is O=C(OCCC(I)=CC(F)(C(F)(F)F)C(F)(F)C(F)(F)C(F)(F)F)c1cccc(Br)c1. The Kier molecular flexibility index (Phi) is 8.45. The lowest BCUT2D eigenvalue weighted by Crippen LogP contribution is -2.66. The van der Waals surface area contributed by atoms with E-state index in [1.165, 1.54) is 24.3 Å². The molecule has 0 aliphatic heterocycles. The van der Waals surface area contributed by atoms with Crippen LogP contribution in [0.25, 0.3) is 0 Å². The molecule has 0 radical (unpaired) electrons. The van der Waals surface area contributed by atoms with Crippen molar-refractivity contribution in [3.05, 3.63) is 44.0 Å². The Morgan fingerprint density at radius 3 is 1.94 bits per heavy atom. The highest BCUT2D eigenvalue weighted by atomic mass is 127. The first kappa shape index (κ1) is 27.9. The van der Waals surface area contributed by atoms with Crippen molar-refractivity contribution in [1.29, 1.82) is 0 Å². The fraction of sp³-hybridized carbons (Fsp3) is 0.438. The molecule has 0 saturated carbocycles. The van der Waals surface area contributed by atoms with Gasteiger partial charge < -0.3 is 4.74 Å². The summed E-state index contributed by atoms with van der Waals surface area (Å²) >= 11 is 3.87. The van der Waals surface area contributed by atoms with Crippen LogP contribution in [0.2, 0.25) is 0 Å². The Bertz CT molecular complexity index is 836. The van der Waals surface area contributed by atoms with Gasteiger partial charge in [0.1, 0.15) is 0 Å². The highest BCUT2D eigenvalue weighted by Gasteiger charge is 2.85. The second-order valence-electron chi connectivity index (χ2n) is 5.84. The van der Waals surface area contributed by atoms with E-state index in [2.05, 4.69) is 20.7 Å². The van der Waals surface area contributed by atoms with Crippen molar-refractivity contribution in [3.8, 4) is 0 Å². The smallest absolute Gasteiger partial charge is 0.460 e. The molecule has 0 aromatic heterocycles. The zero-order chi connectivity index (χ0) is 24.5. The van der Waals surface area contributed by atoms with Gasteiger partial charge in [-0.3, -0.25) is 0 Å². The fourth-order valence-corrected chi connectivity index (χ4v) is 3.03. The highest BCUT2D eigenvalue weighted by molar-refractivity contribution is 14.1. The summed E-state index contributed by atoms with van der Waals surface area (Å²) in [6, 6.07) is 5.54. The number of esters is 1. The van der Waals surface area contributed by atoms with Gasteiger partial charge in [0.15, 0.2) is 0 Å². The van der Waals surface area contributed by atoms with Crippen LogP contribution >= 0.6 is 38.5 Å². The largest absolute Gasteiger partial charge is 0.462 e. The van der Waals surface area contributed by atoms with Crippen molar-refractivity contribution in [3.63, 3.8) is 0 Å². The van der Waals surface area contributed by atoms with E-state index in [4.69, 9.17) is 0 Å². The maximum absolute atomic E-state index is 14.2. The van der Waals surface area contributed by atoms with Crippen molar-refractivity contribution in [2.75, 3.05) is 6.61 Å². The maximum Gasteiger partial charge on any atom is 0.460 e. The van der Waals surface area contributed by atoms with Gasteiger partial charge in [0.2, 0.25) is 0 Å². The molecule has 0 N–H and O–H groups in total. The highest BCUT2D eigenvalue weighted by Crippen LogP contribution is 2.58. The molecular weight excluding hydrogens is 640 g/mol. The first-order valence-corrected chi connectivity index (χ1v) is 9.53. The molecule has 15 heteroatoms. The second kappa shape index (κ2) is 9.39. The molecule has 0 spiro atoms. The summed E-state index contributed by atoms with van der Waals surface area (Å²) in [4.78, 5) is 11.8. The van der Waals surface area contributed by atoms with Crippen molar-refractivity contribution in [1.82, 2.24) is 0 Å². The van der Waals surface area contributed by atoms with E-state index < -0.39 is 58.5 Å². The molecule has 0 heterocycles. The number of halogens is 13. The van der Waals surface area contributed by atoms with Crippen LogP contribution in [0.4, 0.5) is 48.3 Å². The molecule has 1 atom stereocenters. The zero-order valence-corrected chi connectivity index (χ0v) is 18.3. The standard InChI is InChI=1S/C16H9BrF11IO2/c17-9-3-1-2-8(6-9)11(30)31-5-4-10(29)7-12(18,15(23,24)25)13(19,20)14(21,22)16(26,27)28/h1-3,6-7H,4-5H2. The van der Waals surface area contributed by atoms with Crippen LogP contribution in [0.15, 0.2) is 38.4 Å². The third-order valence-corrected chi connectivity index (χ3v) is 4.95. The van der Waals surface area contributed by atoms with Gasteiger partial charge in [0.05, 0.1) is 12.2 Å². The number of alkyl halides is 11.